The molecule has 6 heterocycles. The molecule has 624 valence electrons. The second-order valence-corrected chi connectivity index (χ2v) is 31.9. The normalized spacial score (nSPS) is 13.8. The fourth-order valence-corrected chi connectivity index (χ4v) is 19.3. The Bertz CT molecular complexity index is 7060. The van der Waals surface area contributed by atoms with Gasteiger partial charge in [0.15, 0.2) is 0 Å². The summed E-state index contributed by atoms with van der Waals surface area (Å²) in [4.78, 5) is 11.9. The number of anilines is 18. The minimum atomic E-state index is -0.664. The topological polar surface area (TPSA) is 19.4 Å². The van der Waals surface area contributed by atoms with Crippen molar-refractivity contribution >= 4 is 136 Å². The van der Waals surface area contributed by atoms with Crippen LogP contribution in [-0.4, -0.2) is 0 Å². The van der Waals surface area contributed by atoms with E-state index in [1.165, 1.54) is 97.1 Å². The lowest BCUT2D eigenvalue weighted by Gasteiger charge is -2.39. The third-order valence-corrected chi connectivity index (χ3v) is 24.3. The molecule has 0 unspecified atom stereocenters. The van der Waals surface area contributed by atoms with Crippen molar-refractivity contribution in [2.24, 2.45) is 0 Å². The zero-order chi connectivity index (χ0) is 88.1. The number of halogens is 10. The van der Waals surface area contributed by atoms with Crippen molar-refractivity contribution in [2.45, 2.75) is 0 Å². The van der Waals surface area contributed by atoms with Crippen molar-refractivity contribution in [3.63, 3.8) is 0 Å². The van der Waals surface area contributed by atoms with E-state index >= 15 is 8.78 Å². The van der Waals surface area contributed by atoms with Crippen molar-refractivity contribution in [3.8, 4) is 0 Å². The van der Waals surface area contributed by atoms with E-state index in [0.29, 0.717) is 34.1 Å². The van der Waals surface area contributed by atoms with Crippen molar-refractivity contribution < 1.29 is 43.9 Å². The van der Waals surface area contributed by atoms with Crippen LogP contribution in [0.4, 0.5) is 146 Å². The molecule has 18 aromatic carbocycles. The zero-order valence-electron chi connectivity index (χ0n) is 68.7. The first-order valence-corrected chi connectivity index (χ1v) is 42.2. The Labute approximate surface area is 742 Å². The highest BCUT2D eigenvalue weighted by atomic mass is 19.2. The molecule has 16 heteroatoms. The van der Waals surface area contributed by atoms with Gasteiger partial charge < -0.3 is 29.4 Å². The Balaban J connectivity index is 0.000000114. The number of benzene rings is 18. The van der Waals surface area contributed by atoms with Gasteiger partial charge in [0.05, 0.1) is 79.6 Å². The molecule has 0 amide bonds. The molecule has 0 spiro atoms. The summed E-state index contributed by atoms with van der Waals surface area (Å²) in [6.45, 7) is 0. The van der Waals surface area contributed by atoms with Gasteiger partial charge in [0.2, 0.25) is 0 Å². The predicted molar refractivity (Wildman–Crippen MR) is 501 cm³/mol. The molecule has 0 saturated heterocycles. The summed E-state index contributed by atoms with van der Waals surface area (Å²) in [6.07, 6.45) is 0. The van der Waals surface area contributed by atoms with Crippen LogP contribution in [0.15, 0.2) is 413 Å². The van der Waals surface area contributed by atoms with Gasteiger partial charge in [0.1, 0.15) is 58.2 Å². The van der Waals surface area contributed by atoms with E-state index in [9.17, 15) is 35.1 Å². The molecule has 130 heavy (non-hydrogen) atoms. The van der Waals surface area contributed by atoms with Gasteiger partial charge in [-0.2, -0.15) is 0 Å². The summed E-state index contributed by atoms with van der Waals surface area (Å²) in [6, 6.07) is 122. The van der Waals surface area contributed by atoms with Crippen LogP contribution in [0.1, 0.15) is 66.8 Å². The highest BCUT2D eigenvalue weighted by Gasteiger charge is 2.41. The molecular formula is C114H68F10N6. The number of hydrogen-bond donors (Lipinski definition) is 0. The minimum Gasteiger partial charge on any atom is -0.309 e. The molecule has 0 radical (unpaired) electrons. The highest BCUT2D eigenvalue weighted by molar-refractivity contribution is 6.21. The molecule has 0 aliphatic carbocycles. The van der Waals surface area contributed by atoms with Crippen molar-refractivity contribution in [2.75, 3.05) is 29.4 Å². The summed E-state index contributed by atoms with van der Waals surface area (Å²) in [5.41, 5.74) is 30.2. The maximum Gasteiger partial charge on any atom is 0.128 e. The third-order valence-electron chi connectivity index (χ3n) is 24.3. The SMILES string of the molecule is Fc1cc(F)cc(N2c3ccccc3C(=C3c4ccccc4N(c4cc(F)cc(F)c4)c4ccccc43)c3ccccc32)c1.Fc1ccc(N2c3ccccc3C(=C3c4ccccc4N(c4ccc(F)cc4)c4ccccc43)c3ccccc32)cc1.Fc1cccc(N2c3ccccc3/C(=C3/c4ccccc4N(c4cccc(F)c4)c4cc(F)ccc43)c3ccc(F)cc32)c1. The van der Waals surface area contributed by atoms with E-state index < -0.39 is 46.5 Å². The van der Waals surface area contributed by atoms with Crippen LogP contribution in [0.5, 0.6) is 0 Å². The lowest BCUT2D eigenvalue weighted by molar-refractivity contribution is 0.583. The van der Waals surface area contributed by atoms with Gasteiger partial charge in [-0.05, 0) is 206 Å². The van der Waals surface area contributed by atoms with Crippen LogP contribution in [0.2, 0.25) is 0 Å². The first-order chi connectivity index (χ1) is 63.6. The van der Waals surface area contributed by atoms with Gasteiger partial charge in [-0.3, -0.25) is 0 Å². The number of hydrogen-bond acceptors (Lipinski definition) is 6. The molecular weight excluding hydrogens is 1640 g/mol. The van der Waals surface area contributed by atoms with Gasteiger partial charge in [0.25, 0.3) is 0 Å². The first kappa shape index (κ1) is 79.2. The number of para-hydroxylation sites is 10. The van der Waals surface area contributed by atoms with Crippen LogP contribution in [0, 0.1) is 58.2 Å². The third kappa shape index (κ3) is 13.6. The Kier molecular flexibility index (Phi) is 19.7. The lowest BCUT2D eigenvalue weighted by Crippen LogP contribution is -2.22. The van der Waals surface area contributed by atoms with E-state index in [4.69, 9.17) is 0 Å². The molecule has 0 bridgehead atoms. The molecule has 0 N–H and O–H groups in total. The lowest BCUT2D eigenvalue weighted by atomic mass is 9.79. The van der Waals surface area contributed by atoms with Gasteiger partial charge in [-0.1, -0.05) is 194 Å². The van der Waals surface area contributed by atoms with Gasteiger partial charge in [-0.25, -0.2) is 43.9 Å². The molecule has 18 aromatic rings. The van der Waals surface area contributed by atoms with Crippen LogP contribution < -0.4 is 29.4 Å². The van der Waals surface area contributed by atoms with E-state index in [2.05, 4.69) is 82.6 Å². The quantitative estimate of drug-likeness (QED) is 0.153. The summed E-state index contributed by atoms with van der Waals surface area (Å²) >= 11 is 0. The maximum absolute atomic E-state index is 15.0. The number of rotatable bonds is 6. The van der Waals surface area contributed by atoms with Crippen LogP contribution >= 0.6 is 0 Å². The van der Waals surface area contributed by atoms with Crippen molar-refractivity contribution in [3.05, 3.63) is 537 Å². The molecule has 6 aliphatic rings. The number of nitrogens with zero attached hydrogens (tertiary/aromatic N) is 6. The fourth-order valence-electron chi connectivity index (χ4n) is 19.3. The smallest absolute Gasteiger partial charge is 0.128 e. The van der Waals surface area contributed by atoms with Crippen LogP contribution in [0.3, 0.4) is 0 Å². The first-order valence-electron chi connectivity index (χ1n) is 42.2. The highest BCUT2D eigenvalue weighted by Crippen LogP contribution is 2.62. The van der Waals surface area contributed by atoms with Crippen molar-refractivity contribution in [1.29, 1.82) is 0 Å². The molecule has 0 aromatic heterocycles. The standard InChI is InChI=1S/2C38H22F4N2.C38H24F2N2/c39-23-17-24(40)20-27(19-23)43-33-13-5-1-9-29(33)37(30-10-2-6-14-34(30)43)38-31-11-3-7-15-35(31)44(36-16-8-4-12-32(36)38)28-21-25(41)18-26(42)22-28;39-23-7-5-9-27(19-23)43-33-13-3-1-11-29(33)37(31-17-15-25(41)21-35(31)43)38-30-12-2-4-14-34(30)44(28-10-6-8-24(40)20-28)36-22-26(42)16-18-32(36)38;39-25-17-21-27(22-18-25)41-33-13-5-1-9-29(33)37(30-10-2-6-14-34(30)41)38-31-11-3-7-15-35(31)42(28-23-19-26(40)20-24-28)36-16-8-4-12-32(36)38/h2*1-22H;1-24H/b;38-37+;. The van der Waals surface area contributed by atoms with Crippen molar-refractivity contribution in [1.82, 2.24) is 0 Å². The van der Waals surface area contributed by atoms with Crippen LogP contribution in [0.25, 0.3) is 33.4 Å². The van der Waals surface area contributed by atoms with E-state index in [1.807, 2.05) is 214 Å². The monoisotopic (exact) mass is 1710 g/mol. The Morgan fingerprint density at radius 2 is 0.285 bits per heavy atom. The van der Waals surface area contributed by atoms with Gasteiger partial charge in [-0.15, -0.1) is 0 Å². The Morgan fingerprint density at radius 1 is 0.108 bits per heavy atom. The summed E-state index contributed by atoms with van der Waals surface area (Å²) in [5, 5.41) is 0. The summed E-state index contributed by atoms with van der Waals surface area (Å²) in [7, 11) is 0. The fraction of sp³-hybridized carbons (Fsp3) is 0. The summed E-state index contributed by atoms with van der Waals surface area (Å²) in [5.74, 6) is -4.86. The second kappa shape index (κ2) is 32.4. The van der Waals surface area contributed by atoms with E-state index in [-0.39, 0.29) is 11.6 Å². The molecule has 24 rings (SSSR count). The zero-order valence-corrected chi connectivity index (χ0v) is 68.7. The summed E-state index contributed by atoms with van der Waals surface area (Å²) < 4.78 is 145. The van der Waals surface area contributed by atoms with Crippen LogP contribution in [-0.2, 0) is 0 Å². The predicted octanol–water partition coefficient (Wildman–Crippen LogP) is 32.2. The number of fused-ring (bicyclic) bond motifs is 12. The maximum atomic E-state index is 15.0. The second-order valence-electron chi connectivity index (χ2n) is 31.9. The Morgan fingerprint density at radius 3 is 0.508 bits per heavy atom. The van der Waals surface area contributed by atoms with E-state index in [0.717, 1.165) is 181 Å². The average molecular weight is 1710 g/mol. The van der Waals surface area contributed by atoms with Gasteiger partial charge in [0, 0.05) is 135 Å². The average Bonchev–Trinajstić information content (AvgIpc) is 0.740. The largest absolute Gasteiger partial charge is 0.309 e. The molecule has 0 saturated carbocycles. The molecule has 6 aliphatic heterocycles. The Hall–Kier alpha value is -16.7. The minimum absolute atomic E-state index is 0.263. The molecule has 6 nitrogen and oxygen atoms in total. The molecule has 0 fully saturated rings. The van der Waals surface area contributed by atoms with E-state index in [1.54, 1.807) is 36.4 Å². The molecule has 0 atom stereocenters. The van der Waals surface area contributed by atoms with Gasteiger partial charge >= 0.3 is 0 Å².